The average Bonchev–Trinajstić information content (AvgIpc) is 3.09. The maximum Gasteiger partial charge on any atom is 0.269 e. The van der Waals surface area contributed by atoms with E-state index in [4.69, 9.17) is 4.74 Å². The number of halogens is 4. The summed E-state index contributed by atoms with van der Waals surface area (Å²) >= 11 is 3.32. The largest absolute Gasteiger partial charge is 0.363 e. The first-order valence-corrected chi connectivity index (χ1v) is 10.9. The summed E-state index contributed by atoms with van der Waals surface area (Å²) in [6.45, 7) is 1.78. The highest BCUT2D eigenvalue weighted by Crippen LogP contribution is 2.35. The minimum absolute atomic E-state index is 0.0302. The van der Waals surface area contributed by atoms with E-state index in [-0.39, 0.29) is 11.3 Å². The molecule has 0 bridgehead atoms. The molecule has 0 unspecified atom stereocenters. The van der Waals surface area contributed by atoms with E-state index < -0.39 is 44.8 Å². The first kappa shape index (κ1) is 22.3. The van der Waals surface area contributed by atoms with Crippen LogP contribution in [0, 0.1) is 17.5 Å². The minimum Gasteiger partial charge on any atom is -0.363 e. The number of hydrogen-bond acceptors (Lipinski definition) is 4. The zero-order chi connectivity index (χ0) is 22.1. The van der Waals surface area contributed by atoms with E-state index in [0.29, 0.717) is 27.5 Å². The molecule has 3 aromatic rings. The van der Waals surface area contributed by atoms with Crippen molar-refractivity contribution < 1.29 is 26.3 Å². The van der Waals surface area contributed by atoms with Gasteiger partial charge in [-0.25, -0.2) is 25.9 Å². The number of anilines is 1. The van der Waals surface area contributed by atoms with Gasteiger partial charge in [0.05, 0.1) is 10.2 Å². The molecule has 0 aliphatic carbocycles. The van der Waals surface area contributed by atoms with Crippen molar-refractivity contribution in [1.82, 2.24) is 9.78 Å². The molecule has 0 saturated heterocycles. The highest BCUT2D eigenvalue weighted by molar-refractivity contribution is 9.10. The first-order valence-electron chi connectivity index (χ1n) is 8.69. The van der Waals surface area contributed by atoms with Crippen LogP contribution in [0.25, 0.3) is 11.3 Å². The third kappa shape index (κ3) is 4.09. The van der Waals surface area contributed by atoms with Crippen LogP contribution in [0.4, 0.5) is 18.9 Å². The lowest BCUT2D eigenvalue weighted by Gasteiger charge is -2.24. The number of ether oxygens (including phenoxy) is 1. The molecule has 0 amide bonds. The van der Waals surface area contributed by atoms with E-state index in [2.05, 4.69) is 21.0 Å². The Morgan fingerprint density at radius 1 is 1.20 bits per heavy atom. The fourth-order valence-corrected chi connectivity index (χ4v) is 4.80. The first-order chi connectivity index (χ1) is 14.2. The maximum absolute atomic E-state index is 15.5. The minimum atomic E-state index is -4.68. The van der Waals surface area contributed by atoms with E-state index in [1.165, 1.54) is 25.3 Å². The number of methoxy groups -OCH3 is 1. The van der Waals surface area contributed by atoms with Crippen LogP contribution in [0.2, 0.25) is 0 Å². The van der Waals surface area contributed by atoms with Gasteiger partial charge in [0.2, 0.25) is 0 Å². The Morgan fingerprint density at radius 3 is 2.57 bits per heavy atom. The molecular weight excluding hydrogens is 487 g/mol. The van der Waals surface area contributed by atoms with Crippen molar-refractivity contribution in [3.05, 3.63) is 64.5 Å². The highest BCUT2D eigenvalue weighted by Gasteiger charge is 2.31. The summed E-state index contributed by atoms with van der Waals surface area (Å²) in [6, 6.07) is 6.09. The second-order valence-electron chi connectivity index (χ2n) is 6.17. The number of hydrogen-bond donors (Lipinski definition) is 0. The molecule has 1 heterocycles. The van der Waals surface area contributed by atoms with Gasteiger partial charge in [0, 0.05) is 25.4 Å². The second-order valence-corrected chi connectivity index (χ2v) is 8.85. The Morgan fingerprint density at radius 2 is 1.93 bits per heavy atom. The van der Waals surface area contributed by atoms with Crippen molar-refractivity contribution in [3.63, 3.8) is 0 Å². The van der Waals surface area contributed by atoms with Gasteiger partial charge in [-0.3, -0.25) is 4.68 Å². The molecule has 0 N–H and O–H groups in total. The summed E-state index contributed by atoms with van der Waals surface area (Å²) in [7, 11) is -3.48. The van der Waals surface area contributed by atoms with Crippen molar-refractivity contribution >= 4 is 31.6 Å². The fraction of sp³-hybridized carbons (Fsp3) is 0.211. The Kier molecular flexibility index (Phi) is 6.53. The number of benzene rings is 2. The van der Waals surface area contributed by atoms with Gasteiger partial charge in [-0.2, -0.15) is 5.10 Å². The van der Waals surface area contributed by atoms with Crippen molar-refractivity contribution in [2.24, 2.45) is 0 Å². The lowest BCUT2D eigenvalue weighted by Crippen LogP contribution is -2.34. The van der Waals surface area contributed by atoms with Crippen LogP contribution in [0.15, 0.2) is 52.0 Å². The van der Waals surface area contributed by atoms with Crippen molar-refractivity contribution in [3.8, 4) is 11.3 Å². The number of aryl methyl sites for hydroxylation is 1. The zero-order valence-corrected chi connectivity index (χ0v) is 18.3. The molecule has 0 aliphatic heterocycles. The van der Waals surface area contributed by atoms with Gasteiger partial charge >= 0.3 is 0 Å². The van der Waals surface area contributed by atoms with Gasteiger partial charge in [0.1, 0.15) is 29.0 Å². The molecule has 6 nitrogen and oxygen atoms in total. The quantitative estimate of drug-likeness (QED) is 0.443. The maximum atomic E-state index is 15.5. The van der Waals surface area contributed by atoms with E-state index in [1.54, 1.807) is 10.9 Å². The summed E-state index contributed by atoms with van der Waals surface area (Å²) in [4.78, 5) is -0.930. The number of rotatable bonds is 7. The molecule has 2 aromatic carbocycles. The molecule has 30 heavy (non-hydrogen) atoms. The van der Waals surface area contributed by atoms with Crippen LogP contribution < -0.4 is 4.31 Å². The van der Waals surface area contributed by atoms with Crippen molar-refractivity contribution in [2.75, 3.05) is 18.1 Å². The molecule has 160 valence electrons. The molecular formula is C19H17BrF3N3O3S. The van der Waals surface area contributed by atoms with Gasteiger partial charge in [-0.1, -0.05) is 6.07 Å². The van der Waals surface area contributed by atoms with E-state index in [0.717, 1.165) is 6.07 Å². The molecule has 1 aromatic heterocycles. The van der Waals surface area contributed by atoms with E-state index in [9.17, 15) is 17.2 Å². The van der Waals surface area contributed by atoms with Crippen molar-refractivity contribution in [1.29, 1.82) is 0 Å². The van der Waals surface area contributed by atoms with Crippen LogP contribution in [-0.2, 0) is 21.3 Å². The van der Waals surface area contributed by atoms with E-state index >= 15 is 4.39 Å². The third-order valence-corrected chi connectivity index (χ3v) is 6.58. The third-order valence-electron chi connectivity index (χ3n) is 4.25. The molecule has 3 rings (SSSR count). The standard InChI is InChI=1S/C19H17BrF3N3O3S/c1-3-25-10-14(20)19(24-25)13-5-4-6-16(18(13)23)26(11-29-2)30(27,28)17-9-12(21)7-8-15(17)22/h4-10H,3,11H2,1-2H3. The molecule has 0 spiro atoms. The van der Waals surface area contributed by atoms with Crippen LogP contribution >= 0.6 is 15.9 Å². The van der Waals surface area contributed by atoms with Gasteiger partial charge in [-0.05, 0) is 53.2 Å². The van der Waals surface area contributed by atoms with Gasteiger partial charge in [0.15, 0.2) is 5.82 Å². The fourth-order valence-electron chi connectivity index (χ4n) is 2.82. The lowest BCUT2D eigenvalue weighted by molar-refractivity contribution is 0.209. The molecule has 0 atom stereocenters. The summed E-state index contributed by atoms with van der Waals surface area (Å²) in [5.41, 5.74) is -0.0959. The molecule has 0 aliphatic rings. The summed E-state index contributed by atoms with van der Waals surface area (Å²) < 4.78 is 76.9. The topological polar surface area (TPSA) is 64.4 Å². The monoisotopic (exact) mass is 503 g/mol. The van der Waals surface area contributed by atoms with Gasteiger partial charge in [-0.15, -0.1) is 0 Å². The molecule has 0 radical (unpaired) electrons. The van der Waals surface area contributed by atoms with Crippen molar-refractivity contribution in [2.45, 2.75) is 18.4 Å². The number of aromatic nitrogens is 2. The summed E-state index contributed by atoms with van der Waals surface area (Å²) in [5, 5.41) is 4.27. The lowest BCUT2D eigenvalue weighted by atomic mass is 10.1. The highest BCUT2D eigenvalue weighted by atomic mass is 79.9. The Bertz CT molecular complexity index is 1190. The SMILES string of the molecule is CCn1cc(Br)c(-c2cccc(N(COC)S(=O)(=O)c3cc(F)ccc3F)c2F)n1. The molecule has 0 saturated carbocycles. The van der Waals surface area contributed by atoms with Crippen LogP contribution in [0.1, 0.15) is 6.92 Å². The Hall–Kier alpha value is -2.37. The Labute approximate surface area is 180 Å². The number of nitrogens with zero attached hydrogens (tertiary/aromatic N) is 3. The number of sulfonamides is 1. The zero-order valence-electron chi connectivity index (χ0n) is 15.9. The van der Waals surface area contributed by atoms with Gasteiger partial charge < -0.3 is 4.74 Å². The predicted octanol–water partition coefficient (Wildman–Crippen LogP) is 4.55. The smallest absolute Gasteiger partial charge is 0.269 e. The molecule has 11 heteroatoms. The van der Waals surface area contributed by atoms with Crippen LogP contribution in [0.3, 0.4) is 0 Å². The van der Waals surface area contributed by atoms with Crippen LogP contribution in [0.5, 0.6) is 0 Å². The van der Waals surface area contributed by atoms with Gasteiger partial charge in [0.25, 0.3) is 10.0 Å². The second kappa shape index (κ2) is 8.78. The normalized spacial score (nSPS) is 11.7. The molecule has 0 fully saturated rings. The predicted molar refractivity (Wildman–Crippen MR) is 109 cm³/mol. The average molecular weight is 504 g/mol. The summed E-state index contributed by atoms with van der Waals surface area (Å²) in [5.74, 6) is -3.02. The summed E-state index contributed by atoms with van der Waals surface area (Å²) in [6.07, 6.45) is 1.66. The van der Waals surface area contributed by atoms with Crippen LogP contribution in [-0.4, -0.2) is 32.0 Å². The Balaban J connectivity index is 2.18. The van der Waals surface area contributed by atoms with E-state index in [1.807, 2.05) is 6.92 Å².